The molecule has 170 valence electrons. The van der Waals surface area contributed by atoms with Gasteiger partial charge in [0.15, 0.2) is 11.5 Å². The van der Waals surface area contributed by atoms with E-state index in [-0.39, 0.29) is 17.9 Å². The number of ether oxygens (including phenoxy) is 2. The van der Waals surface area contributed by atoms with Crippen molar-refractivity contribution in [1.82, 2.24) is 0 Å². The topological polar surface area (TPSA) is 52.6 Å². The summed E-state index contributed by atoms with van der Waals surface area (Å²) in [6, 6.07) is 6.96. The zero-order valence-electron chi connectivity index (χ0n) is 19.4. The van der Waals surface area contributed by atoms with E-state index < -0.39 is 0 Å². The van der Waals surface area contributed by atoms with Gasteiger partial charge in [0.1, 0.15) is 0 Å². The highest BCUT2D eigenvalue weighted by molar-refractivity contribution is 5.77. The smallest absolute Gasteiger partial charge is 0.314 e. The van der Waals surface area contributed by atoms with Gasteiger partial charge in [0.05, 0.1) is 5.92 Å². The fourth-order valence-corrected chi connectivity index (χ4v) is 3.57. The zero-order valence-corrected chi connectivity index (χ0v) is 19.4. The van der Waals surface area contributed by atoms with Gasteiger partial charge in [-0.2, -0.15) is 0 Å². The van der Waals surface area contributed by atoms with Crippen LogP contribution in [0.15, 0.2) is 24.3 Å². The average Bonchev–Trinajstić information content (AvgIpc) is 2.74. The molecule has 0 aliphatic heterocycles. The molecule has 0 spiro atoms. The van der Waals surface area contributed by atoms with E-state index >= 15 is 0 Å². The number of hydrogen-bond acceptors (Lipinski definition) is 4. The Bertz CT molecular complexity index is 596. The first-order chi connectivity index (χ1) is 14.6. The van der Waals surface area contributed by atoms with Crippen molar-refractivity contribution in [1.29, 1.82) is 0 Å². The van der Waals surface area contributed by atoms with Gasteiger partial charge in [-0.15, -0.1) is 0 Å². The lowest BCUT2D eigenvalue weighted by Gasteiger charge is -2.16. The van der Waals surface area contributed by atoms with E-state index in [1.54, 1.807) is 24.3 Å². The van der Waals surface area contributed by atoms with Crippen molar-refractivity contribution in [2.24, 2.45) is 5.92 Å². The Hall–Kier alpha value is -1.84. The largest absolute Gasteiger partial charge is 0.423 e. The lowest BCUT2D eigenvalue weighted by atomic mass is 9.97. The van der Waals surface area contributed by atoms with E-state index in [4.69, 9.17) is 9.47 Å². The van der Waals surface area contributed by atoms with Gasteiger partial charge in [-0.05, 0) is 31.4 Å². The van der Waals surface area contributed by atoms with E-state index in [0.29, 0.717) is 17.9 Å². The molecule has 1 aromatic carbocycles. The van der Waals surface area contributed by atoms with Crippen molar-refractivity contribution in [2.45, 2.75) is 111 Å². The van der Waals surface area contributed by atoms with Crippen LogP contribution in [0, 0.1) is 5.92 Å². The number of para-hydroxylation sites is 2. The molecule has 0 saturated heterocycles. The van der Waals surface area contributed by atoms with Gasteiger partial charge in [-0.3, -0.25) is 9.59 Å². The summed E-state index contributed by atoms with van der Waals surface area (Å²) in [6.07, 6.45) is 14.5. The van der Waals surface area contributed by atoms with Crippen molar-refractivity contribution in [3.05, 3.63) is 24.3 Å². The monoisotopic (exact) mass is 418 g/mol. The van der Waals surface area contributed by atoms with Gasteiger partial charge in [0.2, 0.25) is 0 Å². The van der Waals surface area contributed by atoms with Gasteiger partial charge in [-0.25, -0.2) is 0 Å². The quantitative estimate of drug-likeness (QED) is 0.148. The van der Waals surface area contributed by atoms with Crippen LogP contribution in [0.2, 0.25) is 0 Å². The number of rotatable bonds is 17. The second kappa shape index (κ2) is 16.9. The lowest BCUT2D eigenvalue weighted by Crippen LogP contribution is -2.21. The predicted octanol–water partition coefficient (Wildman–Crippen LogP) is 7.63. The molecule has 0 aliphatic carbocycles. The summed E-state index contributed by atoms with van der Waals surface area (Å²) < 4.78 is 11.1. The Morgan fingerprint density at radius 2 is 1.27 bits per heavy atom. The third-order valence-electron chi connectivity index (χ3n) is 5.39. The molecule has 1 unspecified atom stereocenters. The maximum absolute atomic E-state index is 12.6. The van der Waals surface area contributed by atoms with Crippen molar-refractivity contribution < 1.29 is 19.1 Å². The first-order valence-electron chi connectivity index (χ1n) is 12.1. The molecular formula is C26H42O4. The van der Waals surface area contributed by atoms with Crippen LogP contribution < -0.4 is 9.47 Å². The fourth-order valence-electron chi connectivity index (χ4n) is 3.57. The van der Waals surface area contributed by atoms with Gasteiger partial charge < -0.3 is 9.47 Å². The molecule has 1 atom stereocenters. The summed E-state index contributed by atoms with van der Waals surface area (Å²) in [5.41, 5.74) is 0. The molecule has 0 heterocycles. The zero-order chi connectivity index (χ0) is 22.0. The highest BCUT2D eigenvalue weighted by Crippen LogP contribution is 2.29. The third kappa shape index (κ3) is 11.4. The van der Waals surface area contributed by atoms with E-state index in [0.717, 1.165) is 44.9 Å². The molecule has 0 radical (unpaired) electrons. The minimum Gasteiger partial charge on any atom is -0.423 e. The highest BCUT2D eigenvalue weighted by atomic mass is 16.6. The molecule has 0 fully saturated rings. The minimum atomic E-state index is -0.263. The Balaban J connectivity index is 2.46. The molecule has 0 N–H and O–H groups in total. The van der Waals surface area contributed by atoms with Crippen LogP contribution in [0.1, 0.15) is 111 Å². The Kier molecular flexibility index (Phi) is 14.8. The van der Waals surface area contributed by atoms with E-state index in [1.165, 1.54) is 38.5 Å². The van der Waals surface area contributed by atoms with Crippen molar-refractivity contribution in [3.8, 4) is 11.5 Å². The minimum absolute atomic E-state index is 0.101. The maximum Gasteiger partial charge on any atom is 0.314 e. The molecule has 0 bridgehead atoms. The average molecular weight is 419 g/mol. The molecule has 30 heavy (non-hydrogen) atoms. The Morgan fingerprint density at radius 3 is 1.87 bits per heavy atom. The van der Waals surface area contributed by atoms with Crippen LogP contribution in [-0.4, -0.2) is 11.9 Å². The SMILES string of the molecule is CCCCCCCCCCC(=O)Oc1ccccc1OC(=O)C(CCC)CCCC. The second-order valence-electron chi connectivity index (χ2n) is 8.19. The van der Waals surface area contributed by atoms with E-state index in [1.807, 2.05) is 0 Å². The summed E-state index contributed by atoms with van der Waals surface area (Å²) in [6.45, 7) is 6.42. The molecule has 0 amide bonds. The predicted molar refractivity (Wildman–Crippen MR) is 123 cm³/mol. The maximum atomic E-state index is 12.6. The Morgan fingerprint density at radius 1 is 0.700 bits per heavy atom. The number of esters is 2. The molecule has 1 aromatic rings. The van der Waals surface area contributed by atoms with Crippen LogP contribution in [0.3, 0.4) is 0 Å². The summed E-state index contributed by atoms with van der Waals surface area (Å²) in [4.78, 5) is 24.9. The number of carbonyl (C=O) groups is 2. The van der Waals surface area contributed by atoms with Crippen LogP contribution in [0.5, 0.6) is 11.5 Å². The van der Waals surface area contributed by atoms with Crippen LogP contribution in [-0.2, 0) is 9.59 Å². The van der Waals surface area contributed by atoms with Crippen molar-refractivity contribution >= 4 is 11.9 Å². The molecule has 1 rings (SSSR count). The lowest BCUT2D eigenvalue weighted by molar-refractivity contribution is -0.140. The van der Waals surface area contributed by atoms with Gasteiger partial charge in [-0.1, -0.05) is 97.1 Å². The van der Waals surface area contributed by atoms with Crippen LogP contribution in [0.4, 0.5) is 0 Å². The summed E-state index contributed by atoms with van der Waals surface area (Å²) >= 11 is 0. The number of hydrogen-bond donors (Lipinski definition) is 0. The first-order valence-corrected chi connectivity index (χ1v) is 12.1. The second-order valence-corrected chi connectivity index (χ2v) is 8.19. The molecule has 0 aliphatic rings. The Labute approximate surface area is 183 Å². The van der Waals surface area contributed by atoms with Crippen molar-refractivity contribution in [2.75, 3.05) is 0 Å². The molecule has 0 saturated carbocycles. The first kappa shape index (κ1) is 26.2. The van der Waals surface area contributed by atoms with Crippen molar-refractivity contribution in [3.63, 3.8) is 0 Å². The van der Waals surface area contributed by atoms with E-state index in [2.05, 4.69) is 20.8 Å². The summed E-state index contributed by atoms with van der Waals surface area (Å²) in [5, 5.41) is 0. The molecule has 4 nitrogen and oxygen atoms in total. The van der Waals surface area contributed by atoms with Gasteiger partial charge >= 0.3 is 11.9 Å². The molecular weight excluding hydrogens is 376 g/mol. The highest BCUT2D eigenvalue weighted by Gasteiger charge is 2.21. The normalized spacial score (nSPS) is 11.8. The number of benzene rings is 1. The van der Waals surface area contributed by atoms with Crippen LogP contribution in [0.25, 0.3) is 0 Å². The van der Waals surface area contributed by atoms with Gasteiger partial charge in [0, 0.05) is 6.42 Å². The van der Waals surface area contributed by atoms with E-state index in [9.17, 15) is 9.59 Å². The number of unbranched alkanes of at least 4 members (excludes halogenated alkanes) is 8. The molecule has 0 aromatic heterocycles. The summed E-state index contributed by atoms with van der Waals surface area (Å²) in [5.74, 6) is 0.0824. The van der Waals surface area contributed by atoms with Gasteiger partial charge in [0.25, 0.3) is 0 Å². The number of carbonyl (C=O) groups excluding carboxylic acids is 2. The third-order valence-corrected chi connectivity index (χ3v) is 5.39. The summed E-state index contributed by atoms with van der Waals surface area (Å²) in [7, 11) is 0. The standard InChI is InChI=1S/C26H42O4/c1-4-7-9-10-11-12-13-14-21-25(27)29-23-19-15-16-20-24(23)30-26(28)22(17-6-3)18-8-5-2/h15-16,19-20,22H,4-14,17-18,21H2,1-3H3. The fraction of sp³-hybridized carbons (Fsp3) is 0.692. The molecule has 4 heteroatoms. The van der Waals surface area contributed by atoms with Crippen LogP contribution >= 0.6 is 0 Å².